The average molecular weight is 602 g/mol. The minimum Gasteiger partial charge on any atom is -0.471 e. The minimum atomic E-state index is -1.10. The van der Waals surface area contributed by atoms with Crippen LogP contribution >= 0.6 is 27.5 Å². The summed E-state index contributed by atoms with van der Waals surface area (Å²) < 4.78 is 24.4. The Hall–Kier alpha value is -2.81. The number of carbonyl (C=O) groups excluding carboxylic acids is 3. The van der Waals surface area contributed by atoms with Crippen molar-refractivity contribution in [2.45, 2.75) is 51.4 Å². The number of halogens is 2. The number of nitrogens with two attached hydrogens (primary N) is 1. The number of aliphatic hydroxyl groups is 2. The Balaban J connectivity index is 1.51. The van der Waals surface area contributed by atoms with Gasteiger partial charge in [-0.1, -0.05) is 15.9 Å². The van der Waals surface area contributed by atoms with Gasteiger partial charge in [0.1, 0.15) is 23.0 Å². The molecule has 0 aliphatic carbocycles. The van der Waals surface area contributed by atoms with Gasteiger partial charge in [0.2, 0.25) is 11.8 Å². The molecule has 4 amide bonds. The molecular weight excluding hydrogens is 573 g/mol. The summed E-state index contributed by atoms with van der Waals surface area (Å²) in [7, 11) is 0. The second kappa shape index (κ2) is 13.1. The smallest absolute Gasteiger partial charge is 0.320 e. The van der Waals surface area contributed by atoms with Crippen LogP contribution in [0.1, 0.15) is 47.2 Å². The van der Waals surface area contributed by atoms with E-state index in [2.05, 4.69) is 30.9 Å². The lowest BCUT2D eigenvalue weighted by Gasteiger charge is -2.19. The number of hydrogen-bond donors (Lipinski definition) is 5. The normalized spacial score (nSPS) is 14.8. The Morgan fingerprint density at radius 1 is 1.27 bits per heavy atom. The highest BCUT2D eigenvalue weighted by Gasteiger charge is 2.24. The van der Waals surface area contributed by atoms with Gasteiger partial charge in [0.25, 0.3) is 5.91 Å². The highest BCUT2D eigenvalue weighted by molar-refractivity contribution is 9.10. The minimum absolute atomic E-state index is 0.0127. The van der Waals surface area contributed by atoms with E-state index in [9.17, 15) is 29.0 Å². The first kappa shape index (κ1) is 28.8. The maximum atomic E-state index is 14.3. The molecule has 1 aliphatic rings. The zero-order valence-corrected chi connectivity index (χ0v) is 22.5. The van der Waals surface area contributed by atoms with Crippen LogP contribution in [0.5, 0.6) is 5.88 Å². The van der Waals surface area contributed by atoms with E-state index in [1.807, 2.05) is 0 Å². The highest BCUT2D eigenvalue weighted by atomic mass is 79.9. The quantitative estimate of drug-likeness (QED) is 0.263. The number of aliphatic hydroxyl groups excluding tert-OH is 2. The van der Waals surface area contributed by atoms with Crippen molar-refractivity contribution in [3.05, 3.63) is 39.1 Å². The van der Waals surface area contributed by atoms with Gasteiger partial charge < -0.3 is 30.9 Å². The number of nitrogens with zero attached hydrogens (tertiary/aromatic N) is 2. The van der Waals surface area contributed by atoms with Crippen molar-refractivity contribution < 1.29 is 33.7 Å². The SMILES string of the molecule is Cc1cc(Br)cc(F)c1COc1nsc(NC(=O)NCC(O)CC(O)CC(=O)N2CCCC2)c1C(N)=O. The molecule has 1 aromatic heterocycles. The predicted molar refractivity (Wildman–Crippen MR) is 138 cm³/mol. The first-order chi connectivity index (χ1) is 17.5. The lowest BCUT2D eigenvalue weighted by atomic mass is 10.1. The number of primary amides is 1. The third-order valence-electron chi connectivity index (χ3n) is 5.78. The zero-order valence-electron chi connectivity index (χ0n) is 20.1. The van der Waals surface area contributed by atoms with E-state index < -0.39 is 30.0 Å². The molecule has 2 aromatic rings. The van der Waals surface area contributed by atoms with Crippen molar-refractivity contribution in [3.63, 3.8) is 0 Å². The van der Waals surface area contributed by atoms with Crippen LogP contribution in [0.3, 0.4) is 0 Å². The van der Waals surface area contributed by atoms with Crippen molar-refractivity contribution in [2.75, 3.05) is 25.0 Å². The van der Waals surface area contributed by atoms with E-state index >= 15 is 0 Å². The Morgan fingerprint density at radius 2 is 1.97 bits per heavy atom. The number of rotatable bonds is 11. The lowest BCUT2D eigenvalue weighted by molar-refractivity contribution is -0.132. The molecule has 37 heavy (non-hydrogen) atoms. The first-order valence-corrected chi connectivity index (χ1v) is 13.2. The molecule has 2 unspecified atom stereocenters. The number of aromatic nitrogens is 1. The number of hydrogen-bond acceptors (Lipinski definition) is 8. The van der Waals surface area contributed by atoms with Gasteiger partial charge in [-0.25, -0.2) is 9.18 Å². The van der Waals surface area contributed by atoms with E-state index in [1.54, 1.807) is 17.9 Å². The summed E-state index contributed by atoms with van der Waals surface area (Å²) in [6.45, 7) is 2.63. The molecule has 0 spiro atoms. The van der Waals surface area contributed by atoms with E-state index in [0.717, 1.165) is 24.4 Å². The highest BCUT2D eigenvalue weighted by Crippen LogP contribution is 2.31. The molecule has 3 rings (SSSR count). The van der Waals surface area contributed by atoms with Gasteiger partial charge in [-0.2, -0.15) is 4.37 Å². The molecular formula is C23H29BrFN5O6S. The summed E-state index contributed by atoms with van der Waals surface area (Å²) in [4.78, 5) is 38.1. The van der Waals surface area contributed by atoms with E-state index in [-0.39, 0.29) is 53.9 Å². The summed E-state index contributed by atoms with van der Waals surface area (Å²) in [6.07, 6.45) is -0.465. The number of ether oxygens (including phenoxy) is 1. The number of urea groups is 1. The Kier molecular flexibility index (Phi) is 10.2. The van der Waals surface area contributed by atoms with E-state index in [1.165, 1.54) is 6.07 Å². The number of aryl methyl sites for hydroxylation is 1. The number of amides is 4. The van der Waals surface area contributed by atoms with Crippen LogP contribution in [-0.4, -0.2) is 69.2 Å². The zero-order chi connectivity index (χ0) is 27.1. The molecule has 0 radical (unpaired) electrons. The topological polar surface area (TPSA) is 167 Å². The fourth-order valence-corrected chi connectivity index (χ4v) is 5.15. The second-order valence-corrected chi connectivity index (χ2v) is 10.4. The van der Waals surface area contributed by atoms with Crippen molar-refractivity contribution in [1.82, 2.24) is 14.6 Å². The van der Waals surface area contributed by atoms with Gasteiger partial charge in [-0.15, -0.1) is 0 Å². The van der Waals surface area contributed by atoms with Crippen LogP contribution in [0.4, 0.5) is 14.2 Å². The summed E-state index contributed by atoms with van der Waals surface area (Å²) >= 11 is 3.96. The lowest BCUT2D eigenvalue weighted by Crippen LogP contribution is -2.38. The monoisotopic (exact) mass is 601 g/mol. The van der Waals surface area contributed by atoms with Gasteiger partial charge in [-0.05, 0) is 49.0 Å². The van der Waals surface area contributed by atoms with Crippen LogP contribution in [-0.2, 0) is 11.4 Å². The Bertz CT molecular complexity index is 1120. The van der Waals surface area contributed by atoms with Crippen LogP contribution in [0.2, 0.25) is 0 Å². The van der Waals surface area contributed by atoms with Crippen LogP contribution in [0.25, 0.3) is 0 Å². The van der Waals surface area contributed by atoms with Gasteiger partial charge in [0, 0.05) is 36.1 Å². The summed E-state index contributed by atoms with van der Waals surface area (Å²) in [5, 5.41) is 25.1. The molecule has 1 fully saturated rings. The van der Waals surface area contributed by atoms with Crippen LogP contribution < -0.4 is 21.1 Å². The number of likely N-dealkylation sites (tertiary alicyclic amines) is 1. The van der Waals surface area contributed by atoms with Gasteiger partial charge in [0.15, 0.2) is 0 Å². The van der Waals surface area contributed by atoms with Gasteiger partial charge >= 0.3 is 6.03 Å². The largest absolute Gasteiger partial charge is 0.471 e. The van der Waals surface area contributed by atoms with E-state index in [4.69, 9.17) is 10.5 Å². The molecule has 6 N–H and O–H groups in total. The van der Waals surface area contributed by atoms with Crippen LogP contribution in [0, 0.1) is 12.7 Å². The number of anilines is 1. The predicted octanol–water partition coefficient (Wildman–Crippen LogP) is 2.28. The van der Waals surface area contributed by atoms with Gasteiger partial charge in [-0.3, -0.25) is 14.9 Å². The molecule has 1 aromatic carbocycles. The summed E-state index contributed by atoms with van der Waals surface area (Å²) in [5.74, 6) is -1.72. The second-order valence-electron chi connectivity index (χ2n) is 8.70. The molecule has 1 saturated heterocycles. The molecule has 11 nitrogen and oxygen atoms in total. The molecule has 2 heterocycles. The number of benzene rings is 1. The summed E-state index contributed by atoms with van der Waals surface area (Å²) in [5.41, 5.74) is 6.17. The van der Waals surface area contributed by atoms with Crippen LogP contribution in [0.15, 0.2) is 16.6 Å². The molecule has 202 valence electrons. The van der Waals surface area contributed by atoms with Crippen molar-refractivity contribution in [3.8, 4) is 5.88 Å². The van der Waals surface area contributed by atoms with Crippen molar-refractivity contribution >= 4 is 50.3 Å². The molecule has 2 atom stereocenters. The van der Waals surface area contributed by atoms with E-state index in [0.29, 0.717) is 23.1 Å². The average Bonchev–Trinajstić information content (AvgIpc) is 3.47. The Labute approximate surface area is 225 Å². The molecule has 14 heteroatoms. The number of nitrogens with one attached hydrogen (secondary N) is 2. The third-order valence-corrected chi connectivity index (χ3v) is 6.99. The maximum absolute atomic E-state index is 14.3. The first-order valence-electron chi connectivity index (χ1n) is 11.6. The fraction of sp³-hybridized carbons (Fsp3) is 0.478. The summed E-state index contributed by atoms with van der Waals surface area (Å²) in [6, 6.07) is 2.25. The maximum Gasteiger partial charge on any atom is 0.320 e. The van der Waals surface area contributed by atoms with Crippen molar-refractivity contribution in [2.24, 2.45) is 5.73 Å². The molecule has 1 aliphatic heterocycles. The van der Waals surface area contributed by atoms with Crippen molar-refractivity contribution in [1.29, 1.82) is 0 Å². The molecule has 0 saturated carbocycles. The standard InChI is InChI=1S/C23H29BrFN5O6S/c1-12-6-13(24)7-17(25)16(12)11-36-21-19(20(26)34)22(37-29-21)28-23(35)27-10-15(32)8-14(31)9-18(33)30-4-2-3-5-30/h6-7,14-15,31-32H,2-5,8-11H2,1H3,(H2,26,34)(H2,27,28,35). The number of carbonyl (C=O) groups is 3. The molecule has 0 bridgehead atoms. The Morgan fingerprint density at radius 3 is 2.62 bits per heavy atom. The fourth-order valence-electron chi connectivity index (χ4n) is 3.87. The third kappa shape index (κ3) is 8.09. The van der Waals surface area contributed by atoms with Gasteiger partial charge in [0.05, 0.1) is 18.6 Å².